The van der Waals surface area contributed by atoms with Crippen LogP contribution in [-0.2, 0) is 16.1 Å². The average Bonchev–Trinajstić information content (AvgIpc) is 2.99. The van der Waals surface area contributed by atoms with Crippen LogP contribution in [0.15, 0.2) is 42.7 Å². The molecule has 2 heterocycles. The van der Waals surface area contributed by atoms with E-state index in [2.05, 4.69) is 24.2 Å². The molecular formula is C19H25N3O2. The summed E-state index contributed by atoms with van der Waals surface area (Å²) in [7, 11) is 0. The maximum absolute atomic E-state index is 12.8. The van der Waals surface area contributed by atoms with Crippen LogP contribution >= 0.6 is 0 Å². The third kappa shape index (κ3) is 3.51. The number of morpholine rings is 1. The summed E-state index contributed by atoms with van der Waals surface area (Å²) in [6.45, 7) is 7.30. The van der Waals surface area contributed by atoms with E-state index in [-0.39, 0.29) is 24.1 Å². The van der Waals surface area contributed by atoms with Gasteiger partial charge in [0.2, 0.25) is 5.91 Å². The molecule has 1 amide bonds. The Kier molecular flexibility index (Phi) is 5.00. The van der Waals surface area contributed by atoms with Crippen molar-refractivity contribution in [2.24, 2.45) is 0 Å². The Morgan fingerprint density at radius 1 is 1.29 bits per heavy atom. The fraction of sp³-hybridized carbons (Fsp3) is 0.474. The molecule has 0 N–H and O–H groups in total. The van der Waals surface area contributed by atoms with Crippen molar-refractivity contribution >= 4 is 5.91 Å². The van der Waals surface area contributed by atoms with Crippen molar-refractivity contribution in [3.63, 3.8) is 0 Å². The van der Waals surface area contributed by atoms with Gasteiger partial charge in [0.1, 0.15) is 6.10 Å². The Morgan fingerprint density at radius 2 is 2.04 bits per heavy atom. The van der Waals surface area contributed by atoms with Crippen LogP contribution in [0.1, 0.15) is 37.5 Å². The molecule has 128 valence electrons. The highest BCUT2D eigenvalue weighted by molar-refractivity contribution is 5.77. The molecular weight excluding hydrogens is 302 g/mol. The second-order valence-corrected chi connectivity index (χ2v) is 6.59. The predicted octanol–water partition coefficient (Wildman–Crippen LogP) is 2.96. The maximum atomic E-state index is 12.8. The van der Waals surface area contributed by atoms with Crippen LogP contribution in [0.3, 0.4) is 0 Å². The van der Waals surface area contributed by atoms with E-state index in [4.69, 9.17) is 4.74 Å². The summed E-state index contributed by atoms with van der Waals surface area (Å²) in [4.78, 5) is 14.8. The summed E-state index contributed by atoms with van der Waals surface area (Å²) in [6.07, 6.45) is 4.16. The molecule has 3 atom stereocenters. The van der Waals surface area contributed by atoms with Gasteiger partial charge in [-0.25, -0.2) is 0 Å². The van der Waals surface area contributed by atoms with Gasteiger partial charge in [-0.05, 0) is 31.9 Å². The molecule has 0 spiro atoms. The zero-order chi connectivity index (χ0) is 17.1. The Hall–Kier alpha value is -2.14. The predicted molar refractivity (Wildman–Crippen MR) is 92.5 cm³/mol. The molecule has 24 heavy (non-hydrogen) atoms. The molecule has 1 saturated heterocycles. The number of ether oxygens (including phenoxy) is 1. The summed E-state index contributed by atoms with van der Waals surface area (Å²) in [5.41, 5.74) is 2.23. The fourth-order valence-corrected chi connectivity index (χ4v) is 3.43. The monoisotopic (exact) mass is 327 g/mol. The SMILES string of the molecule is Cc1cnn(CCC(=O)N2[C@@H](C)CO[C@H](c3ccccc3)[C@@H]2C)c1. The molecule has 3 rings (SSSR count). The van der Waals surface area contributed by atoms with Gasteiger partial charge in [0.05, 0.1) is 24.9 Å². The van der Waals surface area contributed by atoms with Crippen molar-refractivity contribution in [2.45, 2.75) is 51.9 Å². The Morgan fingerprint density at radius 3 is 2.71 bits per heavy atom. The number of hydrogen-bond donors (Lipinski definition) is 0. The number of carbonyl (C=O) groups is 1. The van der Waals surface area contributed by atoms with Crippen LogP contribution < -0.4 is 0 Å². The second kappa shape index (κ2) is 7.18. The molecule has 1 fully saturated rings. The standard InChI is InChI=1S/C19H25N3O2/c1-14-11-20-21(12-14)10-9-18(23)22-15(2)13-24-19(16(22)3)17-7-5-4-6-8-17/h4-8,11-12,15-16,19H,9-10,13H2,1-3H3/t15-,16-,19-/m0/s1. The highest BCUT2D eigenvalue weighted by Crippen LogP contribution is 2.31. The van der Waals surface area contributed by atoms with E-state index in [1.807, 2.05) is 54.0 Å². The van der Waals surface area contributed by atoms with Gasteiger partial charge >= 0.3 is 0 Å². The lowest BCUT2D eigenvalue weighted by atomic mass is 9.98. The highest BCUT2D eigenvalue weighted by atomic mass is 16.5. The molecule has 0 saturated carbocycles. The van der Waals surface area contributed by atoms with Gasteiger partial charge in [0.25, 0.3) is 0 Å². The number of carbonyl (C=O) groups excluding carboxylic acids is 1. The number of aromatic nitrogens is 2. The van der Waals surface area contributed by atoms with Crippen molar-refractivity contribution in [2.75, 3.05) is 6.61 Å². The van der Waals surface area contributed by atoms with Gasteiger partial charge in [-0.15, -0.1) is 0 Å². The summed E-state index contributed by atoms with van der Waals surface area (Å²) in [5, 5.41) is 4.25. The number of benzene rings is 1. The van der Waals surface area contributed by atoms with E-state index in [0.29, 0.717) is 19.6 Å². The Labute approximate surface area is 143 Å². The van der Waals surface area contributed by atoms with Crippen molar-refractivity contribution < 1.29 is 9.53 Å². The lowest BCUT2D eigenvalue weighted by Crippen LogP contribution is -2.53. The molecule has 0 aliphatic carbocycles. The second-order valence-electron chi connectivity index (χ2n) is 6.59. The smallest absolute Gasteiger partial charge is 0.225 e. The van der Waals surface area contributed by atoms with Gasteiger partial charge in [0, 0.05) is 19.2 Å². The van der Waals surface area contributed by atoms with Crippen molar-refractivity contribution in [1.29, 1.82) is 0 Å². The molecule has 1 aromatic carbocycles. The number of hydrogen-bond acceptors (Lipinski definition) is 3. The fourth-order valence-electron chi connectivity index (χ4n) is 3.43. The largest absolute Gasteiger partial charge is 0.369 e. The highest BCUT2D eigenvalue weighted by Gasteiger charge is 2.36. The molecule has 0 unspecified atom stereocenters. The van der Waals surface area contributed by atoms with Crippen LogP contribution in [0.2, 0.25) is 0 Å². The third-order valence-corrected chi connectivity index (χ3v) is 4.60. The van der Waals surface area contributed by atoms with Crippen molar-refractivity contribution in [1.82, 2.24) is 14.7 Å². The van der Waals surface area contributed by atoms with Crippen LogP contribution in [0.5, 0.6) is 0 Å². The maximum Gasteiger partial charge on any atom is 0.225 e. The summed E-state index contributed by atoms with van der Waals surface area (Å²) in [6, 6.07) is 10.2. The molecule has 1 aromatic heterocycles. The normalized spacial score (nSPS) is 24.1. The molecule has 2 aromatic rings. The van der Waals surface area contributed by atoms with Crippen molar-refractivity contribution in [3.05, 3.63) is 53.9 Å². The lowest BCUT2D eigenvalue weighted by molar-refractivity contribution is -0.153. The molecule has 5 heteroatoms. The molecule has 1 aliphatic heterocycles. The number of rotatable bonds is 4. The quantitative estimate of drug-likeness (QED) is 0.867. The summed E-state index contributed by atoms with van der Waals surface area (Å²) < 4.78 is 7.85. The van der Waals surface area contributed by atoms with Gasteiger partial charge in [0.15, 0.2) is 0 Å². The topological polar surface area (TPSA) is 47.4 Å². The van der Waals surface area contributed by atoms with Gasteiger partial charge in [-0.3, -0.25) is 9.48 Å². The molecule has 1 aliphatic rings. The van der Waals surface area contributed by atoms with Crippen LogP contribution in [0, 0.1) is 6.92 Å². The van der Waals surface area contributed by atoms with E-state index < -0.39 is 0 Å². The average molecular weight is 327 g/mol. The van der Waals surface area contributed by atoms with E-state index in [9.17, 15) is 4.79 Å². The zero-order valence-electron chi connectivity index (χ0n) is 14.6. The van der Waals surface area contributed by atoms with E-state index in [0.717, 1.165) is 11.1 Å². The number of aryl methyl sites for hydroxylation is 2. The van der Waals surface area contributed by atoms with Gasteiger partial charge in [-0.2, -0.15) is 5.10 Å². The third-order valence-electron chi connectivity index (χ3n) is 4.60. The van der Waals surface area contributed by atoms with Crippen LogP contribution in [0.4, 0.5) is 0 Å². The summed E-state index contributed by atoms with van der Waals surface area (Å²) in [5.74, 6) is 0.160. The number of amides is 1. The number of nitrogens with zero attached hydrogens (tertiary/aromatic N) is 3. The zero-order valence-corrected chi connectivity index (χ0v) is 14.6. The van der Waals surface area contributed by atoms with Gasteiger partial charge in [-0.1, -0.05) is 30.3 Å². The van der Waals surface area contributed by atoms with Crippen molar-refractivity contribution in [3.8, 4) is 0 Å². The molecule has 0 radical (unpaired) electrons. The Balaban J connectivity index is 1.69. The molecule has 5 nitrogen and oxygen atoms in total. The molecule has 0 bridgehead atoms. The van der Waals surface area contributed by atoms with Crippen LogP contribution in [0.25, 0.3) is 0 Å². The first-order valence-corrected chi connectivity index (χ1v) is 8.53. The van der Waals surface area contributed by atoms with Crippen LogP contribution in [-0.4, -0.2) is 39.3 Å². The Bertz CT molecular complexity index is 683. The first-order chi connectivity index (χ1) is 11.6. The minimum Gasteiger partial charge on any atom is -0.369 e. The first kappa shape index (κ1) is 16.7. The van der Waals surface area contributed by atoms with Gasteiger partial charge < -0.3 is 9.64 Å². The van der Waals surface area contributed by atoms with E-state index in [1.165, 1.54) is 0 Å². The van der Waals surface area contributed by atoms with E-state index >= 15 is 0 Å². The lowest BCUT2D eigenvalue weighted by Gasteiger charge is -2.44. The van der Waals surface area contributed by atoms with E-state index in [1.54, 1.807) is 0 Å². The first-order valence-electron chi connectivity index (χ1n) is 8.53. The minimum absolute atomic E-state index is 0.0167. The summed E-state index contributed by atoms with van der Waals surface area (Å²) >= 11 is 0. The minimum atomic E-state index is -0.0710.